The van der Waals surface area contributed by atoms with Crippen LogP contribution >= 0.6 is 34.3 Å². The van der Waals surface area contributed by atoms with Gasteiger partial charge in [-0.05, 0) is 80.1 Å². The monoisotopic (exact) mass is 1120 g/mol. The molecule has 0 radical (unpaired) electrons. The summed E-state index contributed by atoms with van der Waals surface area (Å²) in [7, 11) is 0. The fourth-order valence-corrected chi connectivity index (χ4v) is 11.5. The van der Waals surface area contributed by atoms with Crippen LogP contribution in [0, 0.1) is 38.9 Å². The summed E-state index contributed by atoms with van der Waals surface area (Å²) in [4.78, 5) is 76.2. The van der Waals surface area contributed by atoms with Crippen molar-refractivity contribution in [2.45, 2.75) is 98.5 Å². The summed E-state index contributed by atoms with van der Waals surface area (Å²) in [6.07, 6.45) is 2.24. The van der Waals surface area contributed by atoms with Crippen molar-refractivity contribution in [2.75, 3.05) is 31.7 Å². The number of ether oxygens (including phenoxy) is 2. The number of nitrogens with one attached hydrogen (secondary N) is 3. The van der Waals surface area contributed by atoms with Crippen molar-refractivity contribution < 1.29 is 38.1 Å². The van der Waals surface area contributed by atoms with Crippen molar-refractivity contribution in [1.29, 1.82) is 0 Å². The third-order valence-corrected chi connectivity index (χ3v) is 15.9. The largest absolute Gasteiger partial charge is 0.490 e. The quantitative estimate of drug-likeness (QED) is 0.0594. The highest BCUT2D eigenvalue weighted by Gasteiger charge is 2.44. The summed E-state index contributed by atoms with van der Waals surface area (Å²) in [5.74, 6) is -1.02. The summed E-state index contributed by atoms with van der Waals surface area (Å²) in [6, 6.07) is 17.0. The van der Waals surface area contributed by atoms with Crippen molar-refractivity contribution in [2.24, 2.45) is 10.4 Å². The Balaban J connectivity index is 0.730. The molecule has 0 unspecified atom stereocenters. The van der Waals surface area contributed by atoms with Gasteiger partial charge in [-0.15, -0.1) is 32.9 Å². The minimum absolute atomic E-state index is 0.00199. The molecule has 6 heterocycles. The molecule has 0 spiro atoms. The third kappa shape index (κ3) is 12.5. The molecule has 1 fully saturated rings. The Morgan fingerprint density at radius 3 is 2.35 bits per heavy atom. The molecular weight excluding hydrogens is 1060 g/mol. The number of aliphatic hydroxyl groups excluding tert-OH is 1. The zero-order chi connectivity index (χ0) is 55.4. The van der Waals surface area contributed by atoms with Gasteiger partial charge in [0.25, 0.3) is 0 Å². The second kappa shape index (κ2) is 23.7. The number of aromatic nitrogens is 6. The van der Waals surface area contributed by atoms with E-state index in [2.05, 4.69) is 54.9 Å². The van der Waals surface area contributed by atoms with Gasteiger partial charge in [0.2, 0.25) is 23.6 Å². The van der Waals surface area contributed by atoms with E-state index >= 15 is 4.39 Å². The lowest BCUT2D eigenvalue weighted by Gasteiger charge is -2.35. The highest BCUT2D eigenvalue weighted by atomic mass is 35.5. The molecule has 1 saturated heterocycles. The molecule has 406 valence electrons. The molecule has 7 aromatic rings. The van der Waals surface area contributed by atoms with Gasteiger partial charge in [-0.1, -0.05) is 68.8 Å². The van der Waals surface area contributed by atoms with Gasteiger partial charge in [0.1, 0.15) is 35.6 Å². The molecule has 3 aromatic carbocycles. The van der Waals surface area contributed by atoms with Gasteiger partial charge in [-0.25, -0.2) is 14.4 Å². The molecule has 0 bridgehead atoms. The van der Waals surface area contributed by atoms with E-state index in [1.165, 1.54) is 29.4 Å². The first-order valence-corrected chi connectivity index (χ1v) is 27.4. The van der Waals surface area contributed by atoms with Gasteiger partial charge in [0.15, 0.2) is 23.2 Å². The van der Waals surface area contributed by atoms with Crippen LogP contribution in [-0.4, -0.2) is 114 Å². The van der Waals surface area contributed by atoms with E-state index in [1.807, 2.05) is 66.9 Å². The number of hydrogen-bond donors (Lipinski definition) is 4. The van der Waals surface area contributed by atoms with E-state index in [9.17, 15) is 24.3 Å². The van der Waals surface area contributed by atoms with Gasteiger partial charge in [-0.2, -0.15) is 0 Å². The summed E-state index contributed by atoms with van der Waals surface area (Å²) < 4.78 is 28.6. The van der Waals surface area contributed by atoms with Crippen LogP contribution in [0.5, 0.6) is 5.75 Å². The number of fused-ring (bicyclic) bond motifs is 3. The fourth-order valence-electron chi connectivity index (χ4n) is 9.31. The number of thiazole rings is 1. The Morgan fingerprint density at radius 1 is 0.910 bits per heavy atom. The summed E-state index contributed by atoms with van der Waals surface area (Å²) in [6.45, 7) is 13.3. The number of aliphatic hydroxyl groups is 1. The van der Waals surface area contributed by atoms with Gasteiger partial charge in [0, 0.05) is 52.5 Å². The fraction of sp³-hybridized carbons (Fsp3) is 0.357. The lowest BCUT2D eigenvalue weighted by molar-refractivity contribution is -0.144. The van der Waals surface area contributed by atoms with E-state index < -0.39 is 53.2 Å². The molecule has 2 aliphatic rings. The van der Waals surface area contributed by atoms with Gasteiger partial charge in [0.05, 0.1) is 65.6 Å². The summed E-state index contributed by atoms with van der Waals surface area (Å²) in [5.41, 5.74) is 8.30. The maximum Gasteiger partial charge on any atom is 0.246 e. The van der Waals surface area contributed by atoms with Crippen LogP contribution < -0.4 is 20.7 Å². The predicted molar refractivity (Wildman–Crippen MR) is 297 cm³/mol. The normalized spacial score (nSPS) is 16.4. The second-order valence-electron chi connectivity index (χ2n) is 20.3. The molecule has 22 heteroatoms. The number of benzene rings is 3. The Labute approximate surface area is 463 Å². The minimum atomic E-state index is -1.02. The predicted octanol–water partition coefficient (Wildman–Crippen LogP) is 8.45. The Morgan fingerprint density at radius 2 is 1.65 bits per heavy atom. The number of thiophene rings is 1. The van der Waals surface area contributed by atoms with Crippen molar-refractivity contribution in [3.8, 4) is 32.4 Å². The van der Waals surface area contributed by atoms with E-state index in [0.29, 0.717) is 34.3 Å². The Kier molecular flexibility index (Phi) is 16.9. The molecule has 2 aliphatic heterocycles. The second-order valence-corrected chi connectivity index (χ2v) is 22.8. The van der Waals surface area contributed by atoms with Crippen molar-refractivity contribution >= 4 is 69.4 Å². The van der Waals surface area contributed by atoms with Crippen molar-refractivity contribution in [3.63, 3.8) is 0 Å². The number of carbonyl (C=O) groups is 4. The van der Waals surface area contributed by atoms with Crippen LogP contribution in [0.2, 0.25) is 5.02 Å². The van der Waals surface area contributed by atoms with E-state index in [-0.39, 0.29) is 63.2 Å². The first kappa shape index (κ1) is 55.5. The molecule has 4 atom stereocenters. The average molecular weight is 1120 g/mol. The topological polar surface area (TPSA) is 228 Å². The Hall–Kier alpha value is -7.30. The number of amides is 4. The molecule has 0 aliphatic carbocycles. The lowest BCUT2D eigenvalue weighted by atomic mass is 9.85. The third-order valence-electron chi connectivity index (χ3n) is 13.5. The average Bonchev–Trinajstić information content (AvgIpc) is 4.27. The van der Waals surface area contributed by atoms with Crippen LogP contribution in [0.3, 0.4) is 0 Å². The highest BCUT2D eigenvalue weighted by Crippen LogP contribution is 2.40. The van der Waals surface area contributed by atoms with E-state index in [4.69, 9.17) is 26.1 Å². The molecule has 4 amide bonds. The maximum absolute atomic E-state index is 15.3. The number of rotatable bonds is 18. The van der Waals surface area contributed by atoms with Crippen LogP contribution in [0.1, 0.15) is 90.5 Å². The number of β-amino-alcohol motifs (C(OH)–C–C–N with tert-alkyl or cyclic N) is 1. The summed E-state index contributed by atoms with van der Waals surface area (Å²) in [5, 5.41) is 29.5. The smallest absolute Gasteiger partial charge is 0.246 e. The number of carbonyl (C=O) groups excluding carboxylic acids is 4. The van der Waals surface area contributed by atoms with Gasteiger partial charge < -0.3 is 35.4 Å². The standard InChI is InChI=1S/C56H59ClFN11O7S2/c1-30-32(3)78-55-48(30)49(35-13-16-38(57)17-14-35)63-41(52-67-66-33(4)69(52)55)23-46(71)64-45-26-59-42(25-60-45)37-15-18-44(40(58)21-37)76-20-8-19-75-28-47(72)65-51(56(5,6)7)54(74)68-27-39(70)22-43(68)53(73)61-24-34-9-11-36(12-10-34)50-31(2)62-29-77-50/h9-18,21,25-26,29,39,41,43,51,70H,8,19-20,22-24,27-28H2,1-7H3,(H,61,73)(H,65,72)(H,60,64,71)/t39-,41+,43+,51-/m1/s1. The molecule has 78 heavy (non-hydrogen) atoms. The molecule has 4 aromatic heterocycles. The Bertz CT molecular complexity index is 3380. The molecule has 0 saturated carbocycles. The van der Waals surface area contributed by atoms with E-state index in [0.717, 1.165) is 54.0 Å². The highest BCUT2D eigenvalue weighted by molar-refractivity contribution is 7.15. The zero-order valence-corrected chi connectivity index (χ0v) is 46.5. The molecule has 9 rings (SSSR count). The minimum Gasteiger partial charge on any atom is -0.490 e. The number of aliphatic imine (C=N–C) groups is 1. The molecular formula is C56H59ClFN11O7S2. The first-order valence-electron chi connectivity index (χ1n) is 25.4. The first-order chi connectivity index (χ1) is 37.3. The maximum atomic E-state index is 15.3. The van der Waals surface area contributed by atoms with Crippen LogP contribution in [-0.2, 0) is 30.5 Å². The summed E-state index contributed by atoms with van der Waals surface area (Å²) >= 11 is 9.43. The van der Waals surface area contributed by atoms with Crippen LogP contribution in [0.15, 0.2) is 89.6 Å². The lowest BCUT2D eigenvalue weighted by Crippen LogP contribution is -2.58. The number of aryl methyl sites for hydroxylation is 3. The number of likely N-dealkylation sites (tertiary alicyclic amines) is 1. The van der Waals surface area contributed by atoms with Gasteiger partial charge in [-0.3, -0.25) is 33.7 Å². The van der Waals surface area contributed by atoms with Crippen LogP contribution in [0.4, 0.5) is 10.2 Å². The number of nitrogens with zero attached hydrogens (tertiary/aromatic N) is 8. The number of hydrogen-bond acceptors (Lipinski definition) is 15. The van der Waals surface area contributed by atoms with Crippen LogP contribution in [0.25, 0.3) is 26.7 Å². The molecule has 18 nitrogen and oxygen atoms in total. The molecule has 4 N–H and O–H groups in total. The van der Waals surface area contributed by atoms with E-state index in [1.54, 1.807) is 55.0 Å². The number of halogens is 2. The SMILES string of the molecule is Cc1ncsc1-c1ccc(CNC(=O)[C@@H]2C[C@@H](O)CN2C(=O)[C@@H](NC(=O)COCCCOc2ccc(-c3cnc(NC(=O)C[C@@H]4N=C(c5ccc(Cl)cc5)c5c(sc(C)c5C)-n5c(C)nnc54)cn3)cc2F)C(C)(C)C)cc1. The van der Waals surface area contributed by atoms with Crippen molar-refractivity contribution in [1.82, 2.24) is 45.2 Å². The van der Waals surface area contributed by atoms with Crippen molar-refractivity contribution in [3.05, 3.63) is 140 Å². The zero-order valence-electron chi connectivity index (χ0n) is 44.1. The van der Waals surface area contributed by atoms with Gasteiger partial charge >= 0.3 is 0 Å². The number of anilines is 1.